The van der Waals surface area contributed by atoms with Gasteiger partial charge in [-0.15, -0.1) is 0 Å². The number of amides is 1. The number of aliphatic hydroxyl groups is 1. The van der Waals surface area contributed by atoms with Crippen LogP contribution in [-0.4, -0.2) is 54.3 Å². The number of halogens is 1. The number of rotatable bonds is 11. The van der Waals surface area contributed by atoms with Gasteiger partial charge in [-0.1, -0.05) is 45.9 Å². The predicted molar refractivity (Wildman–Crippen MR) is 148 cm³/mol. The second-order valence-corrected chi connectivity index (χ2v) is 12.0. The van der Waals surface area contributed by atoms with Crippen LogP contribution >= 0.6 is 22.6 Å². The van der Waals surface area contributed by atoms with Crippen LogP contribution in [0.5, 0.6) is 11.5 Å². The van der Waals surface area contributed by atoms with Gasteiger partial charge in [0.05, 0.1) is 18.2 Å². The molecule has 7 nitrogen and oxygen atoms in total. The lowest BCUT2D eigenvalue weighted by molar-refractivity contribution is -0.136. The van der Waals surface area contributed by atoms with Gasteiger partial charge < -0.3 is 25.0 Å². The smallest absolute Gasteiger partial charge is 0.316 e. The molecule has 2 aliphatic heterocycles. The molecule has 0 aliphatic carbocycles. The molecule has 0 saturated carbocycles. The number of ether oxygens (including phenoxy) is 1. The van der Waals surface area contributed by atoms with Gasteiger partial charge in [0.1, 0.15) is 21.0 Å². The zero-order valence-electron chi connectivity index (χ0n) is 21.6. The molecule has 3 rings (SSSR count). The second-order valence-electron chi connectivity index (χ2n) is 10.4. The molecule has 198 valence electrons. The monoisotopic (exact) mass is 611 g/mol. The molecule has 36 heavy (non-hydrogen) atoms. The van der Waals surface area contributed by atoms with E-state index in [1.807, 2.05) is 29.5 Å². The highest BCUT2D eigenvalue weighted by atomic mass is 127. The molecule has 0 radical (unpaired) electrons. The number of phenols is 1. The molecular formula is C28H38INO6. The van der Waals surface area contributed by atoms with E-state index in [4.69, 9.17) is 9.84 Å². The van der Waals surface area contributed by atoms with Crippen LogP contribution in [0.15, 0.2) is 29.4 Å². The van der Waals surface area contributed by atoms with Gasteiger partial charge in [0.25, 0.3) is 5.91 Å². The molecule has 8 heteroatoms. The van der Waals surface area contributed by atoms with Gasteiger partial charge in [-0.2, -0.15) is 0 Å². The first-order valence-corrected chi connectivity index (χ1v) is 13.9. The zero-order valence-corrected chi connectivity index (χ0v) is 23.8. The number of allylic oxidation sites excluding steroid dienone is 4. The second kappa shape index (κ2) is 12.0. The van der Waals surface area contributed by atoms with E-state index in [1.54, 1.807) is 4.90 Å². The Labute approximate surface area is 227 Å². The van der Waals surface area contributed by atoms with E-state index >= 15 is 0 Å². The first-order chi connectivity index (χ1) is 16.9. The van der Waals surface area contributed by atoms with Crippen molar-refractivity contribution in [1.29, 1.82) is 0 Å². The van der Waals surface area contributed by atoms with Gasteiger partial charge in [-0.3, -0.25) is 9.59 Å². The third-order valence-corrected chi connectivity index (χ3v) is 8.30. The maximum absolute atomic E-state index is 13.0. The van der Waals surface area contributed by atoms with E-state index in [0.717, 1.165) is 24.8 Å². The molecule has 3 N–H and O–H groups in total. The Hall–Kier alpha value is -2.07. The number of nitrogens with zero attached hydrogens (tertiary/aromatic N) is 1. The maximum atomic E-state index is 13.0. The number of alkyl halides is 1. The van der Waals surface area contributed by atoms with Crippen molar-refractivity contribution < 1.29 is 29.6 Å². The summed E-state index contributed by atoms with van der Waals surface area (Å²) in [5.41, 5.74) is 3.48. The normalized spacial score (nSPS) is 22.1. The Bertz CT molecular complexity index is 1060. The number of fused-ring (bicyclic) bond motifs is 3. The minimum atomic E-state index is -0.852. The topological polar surface area (TPSA) is 107 Å². The standard InChI is InChI=1S/C28H38INO6/c1-17(2)8-5-9-18(3)10-6-12-28(4)24(32)15-20-23(31)14-19-21(25(20)36-28)16-30(26(19)33)13-7-11-22(29)27(34)35/h8,10,14,22,24,31-32H,5-7,9,11-13,15-16H2,1-4H3,(H,34,35)/b18-10+/t22-,24+,28+/m1/s1. The third-order valence-electron chi connectivity index (χ3n) is 7.15. The molecule has 0 spiro atoms. The molecule has 0 fully saturated rings. The van der Waals surface area contributed by atoms with Crippen molar-refractivity contribution in [3.8, 4) is 11.5 Å². The van der Waals surface area contributed by atoms with Gasteiger partial charge in [0.15, 0.2) is 0 Å². The predicted octanol–water partition coefficient (Wildman–Crippen LogP) is 5.54. The van der Waals surface area contributed by atoms with Crippen molar-refractivity contribution in [2.24, 2.45) is 0 Å². The van der Waals surface area contributed by atoms with Crippen molar-refractivity contribution in [2.75, 3.05) is 6.54 Å². The van der Waals surface area contributed by atoms with Gasteiger partial charge in [-0.25, -0.2) is 0 Å². The lowest BCUT2D eigenvalue weighted by Gasteiger charge is -2.40. The summed E-state index contributed by atoms with van der Waals surface area (Å²) in [5, 5.41) is 30.7. The molecule has 3 atom stereocenters. The molecule has 1 aromatic carbocycles. The number of benzene rings is 1. The van der Waals surface area contributed by atoms with Crippen molar-refractivity contribution >= 4 is 34.5 Å². The lowest BCUT2D eigenvalue weighted by atomic mass is 9.84. The molecule has 0 saturated heterocycles. The number of hydrogen-bond acceptors (Lipinski definition) is 5. The summed E-state index contributed by atoms with van der Waals surface area (Å²) in [5.74, 6) is -0.562. The largest absolute Gasteiger partial charge is 0.508 e. The quantitative estimate of drug-likeness (QED) is 0.172. The molecule has 1 aromatic rings. The van der Waals surface area contributed by atoms with Crippen LogP contribution in [-0.2, 0) is 17.8 Å². The van der Waals surface area contributed by atoms with E-state index < -0.39 is 21.6 Å². The number of phenolic OH excluding ortho intramolecular Hbond substituents is 1. The van der Waals surface area contributed by atoms with Crippen molar-refractivity contribution in [3.05, 3.63) is 46.1 Å². The van der Waals surface area contributed by atoms with Crippen LogP contribution in [0.3, 0.4) is 0 Å². The van der Waals surface area contributed by atoms with E-state index in [-0.39, 0.29) is 18.1 Å². The highest BCUT2D eigenvalue weighted by Gasteiger charge is 2.44. The minimum Gasteiger partial charge on any atom is -0.508 e. The number of aliphatic hydroxyl groups excluding tert-OH is 1. The SMILES string of the molecule is CC(C)=CCC/C(C)=C/CC[C@]1(C)Oc2c(c(O)cc3c2CN(CCC[C@@H](I)C(=O)O)C3=O)C[C@@H]1O. The summed E-state index contributed by atoms with van der Waals surface area (Å²) in [6, 6.07) is 1.48. The molecule has 0 unspecified atom stereocenters. The summed E-state index contributed by atoms with van der Waals surface area (Å²) >= 11 is 1.90. The van der Waals surface area contributed by atoms with Crippen LogP contribution in [0.2, 0.25) is 0 Å². The van der Waals surface area contributed by atoms with Crippen molar-refractivity contribution in [2.45, 2.75) is 94.8 Å². The average Bonchev–Trinajstić information content (AvgIpc) is 3.10. The fraction of sp³-hybridized carbons (Fsp3) is 0.571. The summed E-state index contributed by atoms with van der Waals surface area (Å²) in [4.78, 5) is 25.8. The van der Waals surface area contributed by atoms with Gasteiger partial charge >= 0.3 is 5.97 Å². The fourth-order valence-electron chi connectivity index (χ4n) is 4.82. The number of aromatic hydroxyl groups is 1. The Balaban J connectivity index is 1.72. The highest BCUT2D eigenvalue weighted by molar-refractivity contribution is 14.1. The van der Waals surface area contributed by atoms with E-state index in [1.165, 1.54) is 17.2 Å². The molecule has 1 amide bonds. The Kier molecular flexibility index (Phi) is 9.49. The van der Waals surface area contributed by atoms with Crippen LogP contribution in [0.1, 0.15) is 87.7 Å². The van der Waals surface area contributed by atoms with Crippen molar-refractivity contribution in [3.63, 3.8) is 0 Å². The average molecular weight is 612 g/mol. The Morgan fingerprint density at radius 1 is 1.28 bits per heavy atom. The number of carbonyl (C=O) groups is 2. The number of carbonyl (C=O) groups excluding carboxylic acids is 1. The minimum absolute atomic E-state index is 0.0340. The molecule has 0 bridgehead atoms. The Morgan fingerprint density at radius 2 is 2.00 bits per heavy atom. The van der Waals surface area contributed by atoms with Crippen LogP contribution < -0.4 is 4.74 Å². The number of carboxylic acids is 1. The number of aliphatic carboxylic acids is 1. The first-order valence-electron chi connectivity index (χ1n) is 12.6. The molecular weight excluding hydrogens is 573 g/mol. The van der Waals surface area contributed by atoms with Crippen molar-refractivity contribution in [1.82, 2.24) is 4.90 Å². The number of carboxylic acid groups (broad SMARTS) is 1. The first kappa shape index (κ1) is 28.5. The Morgan fingerprint density at radius 3 is 2.67 bits per heavy atom. The third kappa shape index (κ3) is 6.62. The molecule has 2 heterocycles. The van der Waals surface area contributed by atoms with Gasteiger partial charge in [0, 0.05) is 24.1 Å². The van der Waals surface area contributed by atoms with Gasteiger partial charge in [0.2, 0.25) is 0 Å². The lowest BCUT2D eigenvalue weighted by Crippen LogP contribution is -2.49. The fourth-order valence-corrected chi connectivity index (χ4v) is 5.26. The molecule has 2 aliphatic rings. The zero-order chi connectivity index (χ0) is 26.6. The highest BCUT2D eigenvalue weighted by Crippen LogP contribution is 2.46. The summed E-state index contributed by atoms with van der Waals surface area (Å²) < 4.78 is 5.92. The summed E-state index contributed by atoms with van der Waals surface area (Å²) in [6.45, 7) is 9.00. The maximum Gasteiger partial charge on any atom is 0.316 e. The molecule has 0 aromatic heterocycles. The summed E-state index contributed by atoms with van der Waals surface area (Å²) in [6.07, 6.45) is 8.34. The van der Waals surface area contributed by atoms with Crippen LogP contribution in [0.4, 0.5) is 0 Å². The van der Waals surface area contributed by atoms with E-state index in [0.29, 0.717) is 49.2 Å². The van der Waals surface area contributed by atoms with Crippen LogP contribution in [0.25, 0.3) is 0 Å². The van der Waals surface area contributed by atoms with Gasteiger partial charge in [-0.05, 0) is 72.3 Å². The number of hydrogen-bond donors (Lipinski definition) is 3. The van der Waals surface area contributed by atoms with E-state index in [2.05, 4.69) is 32.9 Å². The van der Waals surface area contributed by atoms with E-state index in [9.17, 15) is 19.8 Å². The van der Waals surface area contributed by atoms with Crippen LogP contribution in [0, 0.1) is 0 Å². The summed E-state index contributed by atoms with van der Waals surface area (Å²) in [7, 11) is 0.